The Morgan fingerprint density at radius 3 is 2.66 bits per heavy atom. The van der Waals surface area contributed by atoms with Crippen molar-refractivity contribution in [3.05, 3.63) is 56.4 Å². The number of ether oxygens (including phenoxy) is 3. The number of nitrogens with zero attached hydrogens (tertiary/aromatic N) is 1. The van der Waals surface area contributed by atoms with Crippen LogP contribution in [0.25, 0.3) is 10.2 Å². The van der Waals surface area contributed by atoms with E-state index in [1.165, 1.54) is 7.11 Å². The first-order valence-electron chi connectivity index (χ1n) is 8.91. The van der Waals surface area contributed by atoms with Crippen molar-refractivity contribution in [1.29, 1.82) is 0 Å². The van der Waals surface area contributed by atoms with E-state index in [2.05, 4.69) is 9.97 Å². The van der Waals surface area contributed by atoms with Crippen LogP contribution < -0.4 is 10.3 Å². The zero-order valence-corrected chi connectivity index (χ0v) is 17.2. The number of aromatic amines is 1. The fraction of sp³-hybridized carbons (Fsp3) is 0.300. The van der Waals surface area contributed by atoms with Gasteiger partial charge >= 0.3 is 11.9 Å². The molecule has 1 N–H and O–H groups in total. The zero-order valence-electron chi connectivity index (χ0n) is 16.4. The molecule has 2 heterocycles. The van der Waals surface area contributed by atoms with Crippen LogP contribution in [0.15, 0.2) is 29.1 Å². The highest BCUT2D eigenvalue weighted by atomic mass is 32.1. The van der Waals surface area contributed by atoms with Gasteiger partial charge < -0.3 is 19.2 Å². The van der Waals surface area contributed by atoms with Gasteiger partial charge in [0.15, 0.2) is 11.9 Å². The summed E-state index contributed by atoms with van der Waals surface area (Å²) in [6, 6.07) is 6.67. The molecule has 29 heavy (non-hydrogen) atoms. The SMILES string of the molecule is CCOC(=O)c1sc2nc([C@H](C)OC(=O)c3ccccc3OC)[nH]c(=O)c2c1C. The summed E-state index contributed by atoms with van der Waals surface area (Å²) in [6.07, 6.45) is -0.821. The van der Waals surface area contributed by atoms with Gasteiger partial charge in [-0.25, -0.2) is 14.6 Å². The molecule has 152 valence electrons. The molecule has 2 aromatic heterocycles. The van der Waals surface area contributed by atoms with E-state index in [0.717, 1.165) is 11.3 Å². The number of nitrogens with one attached hydrogen (secondary N) is 1. The highest BCUT2D eigenvalue weighted by Crippen LogP contribution is 2.29. The molecule has 9 heteroatoms. The molecule has 8 nitrogen and oxygen atoms in total. The molecule has 1 aromatic carbocycles. The number of fused-ring (bicyclic) bond motifs is 1. The minimum atomic E-state index is -0.821. The third kappa shape index (κ3) is 4.00. The fourth-order valence-electron chi connectivity index (χ4n) is 2.84. The van der Waals surface area contributed by atoms with E-state index in [9.17, 15) is 14.4 Å². The van der Waals surface area contributed by atoms with Crippen molar-refractivity contribution >= 4 is 33.5 Å². The summed E-state index contributed by atoms with van der Waals surface area (Å²) < 4.78 is 15.7. The predicted octanol–water partition coefficient (Wildman–Crippen LogP) is 3.40. The Labute approximate surface area is 170 Å². The molecule has 0 aliphatic heterocycles. The normalized spacial score (nSPS) is 11.9. The minimum absolute atomic E-state index is 0.183. The lowest BCUT2D eigenvalue weighted by Gasteiger charge is -2.14. The van der Waals surface area contributed by atoms with Crippen LogP contribution in [0.2, 0.25) is 0 Å². The summed E-state index contributed by atoms with van der Waals surface area (Å²) in [5, 5.41) is 0.324. The third-order valence-corrected chi connectivity index (χ3v) is 5.44. The van der Waals surface area contributed by atoms with Crippen molar-refractivity contribution in [1.82, 2.24) is 9.97 Å². The van der Waals surface area contributed by atoms with E-state index < -0.39 is 23.6 Å². The molecule has 0 fully saturated rings. The Balaban J connectivity index is 1.92. The van der Waals surface area contributed by atoms with Crippen LogP contribution in [0.1, 0.15) is 51.4 Å². The molecule has 0 saturated heterocycles. The number of benzene rings is 1. The van der Waals surface area contributed by atoms with Crippen LogP contribution in [0.4, 0.5) is 0 Å². The number of rotatable bonds is 6. The fourth-order valence-corrected chi connectivity index (χ4v) is 3.92. The van der Waals surface area contributed by atoms with Crippen LogP contribution in [0, 0.1) is 6.92 Å². The lowest BCUT2D eigenvalue weighted by molar-refractivity contribution is 0.0316. The van der Waals surface area contributed by atoms with Gasteiger partial charge in [0.25, 0.3) is 5.56 Å². The van der Waals surface area contributed by atoms with E-state index >= 15 is 0 Å². The Kier molecular flexibility index (Phi) is 5.97. The minimum Gasteiger partial charge on any atom is -0.496 e. The van der Waals surface area contributed by atoms with Gasteiger partial charge in [-0.15, -0.1) is 11.3 Å². The van der Waals surface area contributed by atoms with Gasteiger partial charge in [-0.1, -0.05) is 12.1 Å². The average molecular weight is 416 g/mol. The van der Waals surface area contributed by atoms with Crippen molar-refractivity contribution in [2.45, 2.75) is 26.9 Å². The molecule has 0 bridgehead atoms. The van der Waals surface area contributed by atoms with Crippen LogP contribution >= 0.6 is 11.3 Å². The molecule has 3 aromatic rings. The van der Waals surface area contributed by atoms with Gasteiger partial charge in [0.2, 0.25) is 0 Å². The second-order valence-electron chi connectivity index (χ2n) is 6.16. The first-order valence-corrected chi connectivity index (χ1v) is 9.73. The quantitative estimate of drug-likeness (QED) is 0.614. The summed E-state index contributed by atoms with van der Waals surface area (Å²) in [7, 11) is 1.46. The van der Waals surface area contributed by atoms with E-state index in [-0.39, 0.29) is 18.0 Å². The number of hydrogen-bond donors (Lipinski definition) is 1. The maximum atomic E-state index is 12.6. The highest BCUT2D eigenvalue weighted by Gasteiger charge is 2.23. The number of hydrogen-bond acceptors (Lipinski definition) is 8. The van der Waals surface area contributed by atoms with Crippen LogP contribution in [-0.2, 0) is 9.47 Å². The number of carbonyl (C=O) groups excluding carboxylic acids is 2. The lowest BCUT2D eigenvalue weighted by atomic mass is 10.2. The van der Waals surface area contributed by atoms with Gasteiger partial charge in [0.1, 0.15) is 21.0 Å². The number of esters is 2. The summed E-state index contributed by atoms with van der Waals surface area (Å²) in [5.74, 6) is -0.533. The number of aromatic nitrogens is 2. The van der Waals surface area contributed by atoms with Crippen molar-refractivity contribution in [3.8, 4) is 5.75 Å². The number of para-hydroxylation sites is 1. The van der Waals surface area contributed by atoms with Crippen molar-refractivity contribution in [3.63, 3.8) is 0 Å². The van der Waals surface area contributed by atoms with Crippen LogP contribution in [0.5, 0.6) is 5.75 Å². The van der Waals surface area contributed by atoms with Gasteiger partial charge in [-0.05, 0) is 38.5 Å². The summed E-state index contributed by atoms with van der Waals surface area (Å²) in [4.78, 5) is 44.9. The molecular weight excluding hydrogens is 396 g/mol. The summed E-state index contributed by atoms with van der Waals surface area (Å²) >= 11 is 1.07. The Hall–Kier alpha value is -3.20. The molecule has 0 spiro atoms. The first kappa shape index (κ1) is 20.5. The van der Waals surface area contributed by atoms with E-state index in [1.54, 1.807) is 45.0 Å². The largest absolute Gasteiger partial charge is 0.496 e. The van der Waals surface area contributed by atoms with Crippen molar-refractivity contribution in [2.24, 2.45) is 0 Å². The standard InChI is InChI=1S/C20H20N2O6S/c1-5-27-20(25)15-10(2)14-17(23)21-16(22-18(14)29-15)11(3)28-19(24)12-8-6-7-9-13(12)26-4/h6-9,11H,5H2,1-4H3,(H,21,22,23)/t11-/m0/s1. The smallest absolute Gasteiger partial charge is 0.348 e. The Morgan fingerprint density at radius 1 is 1.24 bits per heavy atom. The molecule has 0 saturated carbocycles. The molecule has 3 rings (SSSR count). The summed E-state index contributed by atoms with van der Waals surface area (Å²) in [5.41, 5.74) is 0.374. The second-order valence-corrected chi connectivity index (χ2v) is 7.15. The van der Waals surface area contributed by atoms with Crippen LogP contribution in [-0.4, -0.2) is 35.6 Å². The molecule has 1 atom stereocenters. The number of aryl methyl sites for hydroxylation is 1. The second kappa shape index (κ2) is 8.44. The molecular formula is C20H20N2O6S. The number of H-pyrrole nitrogens is 1. The molecule has 0 aliphatic carbocycles. The van der Waals surface area contributed by atoms with E-state index in [1.807, 2.05) is 0 Å². The number of methoxy groups -OCH3 is 1. The van der Waals surface area contributed by atoms with E-state index in [4.69, 9.17) is 14.2 Å². The molecule has 0 radical (unpaired) electrons. The number of thiophene rings is 1. The Bertz CT molecular complexity index is 1130. The van der Waals surface area contributed by atoms with E-state index in [0.29, 0.717) is 26.4 Å². The number of carbonyl (C=O) groups is 2. The van der Waals surface area contributed by atoms with Gasteiger partial charge in [0, 0.05) is 0 Å². The van der Waals surface area contributed by atoms with Gasteiger partial charge in [0.05, 0.1) is 19.1 Å². The molecule has 0 unspecified atom stereocenters. The van der Waals surface area contributed by atoms with Gasteiger partial charge in [-0.2, -0.15) is 0 Å². The van der Waals surface area contributed by atoms with Crippen molar-refractivity contribution < 1.29 is 23.8 Å². The maximum Gasteiger partial charge on any atom is 0.348 e. The van der Waals surface area contributed by atoms with Gasteiger partial charge in [-0.3, -0.25) is 4.79 Å². The molecule has 0 aliphatic rings. The predicted molar refractivity (Wildman–Crippen MR) is 108 cm³/mol. The Morgan fingerprint density at radius 2 is 1.97 bits per heavy atom. The first-order chi connectivity index (χ1) is 13.9. The lowest BCUT2D eigenvalue weighted by Crippen LogP contribution is -2.17. The maximum absolute atomic E-state index is 12.6. The third-order valence-electron chi connectivity index (χ3n) is 4.28. The monoisotopic (exact) mass is 416 g/mol. The van der Waals surface area contributed by atoms with Crippen LogP contribution in [0.3, 0.4) is 0 Å². The summed E-state index contributed by atoms with van der Waals surface area (Å²) in [6.45, 7) is 5.22. The topological polar surface area (TPSA) is 108 Å². The average Bonchev–Trinajstić information content (AvgIpc) is 3.05. The highest BCUT2D eigenvalue weighted by molar-refractivity contribution is 7.20. The van der Waals surface area contributed by atoms with Crippen molar-refractivity contribution in [2.75, 3.05) is 13.7 Å². The molecule has 0 amide bonds. The zero-order chi connectivity index (χ0) is 21.1.